The molecule has 1 aliphatic heterocycles. The van der Waals surface area contributed by atoms with E-state index < -0.39 is 0 Å². The highest BCUT2D eigenvalue weighted by Crippen LogP contribution is 2.40. The lowest BCUT2D eigenvalue weighted by atomic mass is 9.73. The van der Waals surface area contributed by atoms with Crippen LogP contribution >= 0.6 is 11.3 Å². The molecule has 0 amide bonds. The van der Waals surface area contributed by atoms with Gasteiger partial charge >= 0.3 is 0 Å². The van der Waals surface area contributed by atoms with E-state index in [1.54, 1.807) is 18.4 Å². The maximum Gasteiger partial charge on any atom is 0.191 e. The molecule has 0 unspecified atom stereocenters. The lowest BCUT2D eigenvalue weighted by molar-refractivity contribution is 0.0522. The van der Waals surface area contributed by atoms with Crippen LogP contribution in [0.4, 0.5) is 0 Å². The van der Waals surface area contributed by atoms with E-state index in [0.29, 0.717) is 6.54 Å². The summed E-state index contributed by atoms with van der Waals surface area (Å²) in [6.45, 7) is 10.1. The number of hydrogen-bond acceptors (Lipinski definition) is 5. The summed E-state index contributed by atoms with van der Waals surface area (Å²) in [7, 11) is 1.75. The topological polar surface area (TPSA) is 67.8 Å². The van der Waals surface area contributed by atoms with Gasteiger partial charge in [0.15, 0.2) is 5.96 Å². The SMILES string of the molecule is CCNC(=NCC1(c2cc(C)ccc2OC)CCOCC1)NCCc1csc(C)n1. The number of nitrogens with zero attached hydrogens (tertiary/aromatic N) is 2. The Labute approximate surface area is 184 Å². The number of aliphatic imine (C=N–C) groups is 1. The summed E-state index contributed by atoms with van der Waals surface area (Å²) in [6.07, 6.45) is 2.76. The van der Waals surface area contributed by atoms with Gasteiger partial charge in [-0.2, -0.15) is 0 Å². The largest absolute Gasteiger partial charge is 0.496 e. The van der Waals surface area contributed by atoms with Gasteiger partial charge in [0, 0.05) is 49.1 Å². The summed E-state index contributed by atoms with van der Waals surface area (Å²) in [5, 5.41) is 10.1. The number of ether oxygens (including phenoxy) is 2. The molecule has 0 radical (unpaired) electrons. The molecule has 7 heteroatoms. The van der Waals surface area contributed by atoms with Gasteiger partial charge in [-0.25, -0.2) is 4.98 Å². The van der Waals surface area contributed by atoms with E-state index in [2.05, 4.69) is 53.0 Å². The highest BCUT2D eigenvalue weighted by atomic mass is 32.1. The second-order valence-electron chi connectivity index (χ2n) is 7.83. The second-order valence-corrected chi connectivity index (χ2v) is 8.89. The van der Waals surface area contributed by atoms with Crippen LogP contribution in [-0.4, -0.2) is 50.9 Å². The van der Waals surface area contributed by atoms with Crippen LogP contribution in [-0.2, 0) is 16.6 Å². The van der Waals surface area contributed by atoms with E-state index in [1.807, 2.05) is 6.92 Å². The minimum absolute atomic E-state index is 0.0794. The molecule has 2 N–H and O–H groups in total. The van der Waals surface area contributed by atoms with Crippen molar-refractivity contribution in [1.82, 2.24) is 15.6 Å². The van der Waals surface area contributed by atoms with Crippen LogP contribution < -0.4 is 15.4 Å². The zero-order chi connectivity index (χ0) is 21.4. The molecule has 164 valence electrons. The number of nitrogens with one attached hydrogen (secondary N) is 2. The third kappa shape index (κ3) is 5.73. The third-order valence-electron chi connectivity index (χ3n) is 5.60. The predicted molar refractivity (Wildman–Crippen MR) is 124 cm³/mol. The highest BCUT2D eigenvalue weighted by Gasteiger charge is 2.37. The molecule has 6 nitrogen and oxygen atoms in total. The average Bonchev–Trinajstić information content (AvgIpc) is 3.17. The average molecular weight is 431 g/mol. The van der Waals surface area contributed by atoms with Crippen molar-refractivity contribution in [2.75, 3.05) is 40.0 Å². The molecule has 0 bridgehead atoms. The van der Waals surface area contributed by atoms with Crippen molar-refractivity contribution in [2.24, 2.45) is 4.99 Å². The maximum absolute atomic E-state index is 5.72. The van der Waals surface area contributed by atoms with Gasteiger partial charge in [0.05, 0.1) is 24.4 Å². The number of thiazole rings is 1. The van der Waals surface area contributed by atoms with Crippen molar-refractivity contribution in [3.8, 4) is 5.75 Å². The summed E-state index contributed by atoms with van der Waals surface area (Å²) in [5.74, 6) is 1.79. The molecule has 1 fully saturated rings. The Morgan fingerprint density at radius 3 is 2.73 bits per heavy atom. The fourth-order valence-corrected chi connectivity index (χ4v) is 4.56. The van der Waals surface area contributed by atoms with Gasteiger partial charge in [-0.3, -0.25) is 4.99 Å². The Hall–Kier alpha value is -2.12. The predicted octanol–water partition coefficient (Wildman–Crippen LogP) is 3.61. The van der Waals surface area contributed by atoms with Crippen molar-refractivity contribution >= 4 is 17.3 Å². The van der Waals surface area contributed by atoms with E-state index in [9.17, 15) is 0 Å². The smallest absolute Gasteiger partial charge is 0.191 e. The summed E-state index contributed by atoms with van der Waals surface area (Å²) in [5.41, 5.74) is 3.53. The molecule has 0 saturated carbocycles. The number of aryl methyl sites for hydroxylation is 2. The Bertz CT molecular complexity index is 843. The Kier molecular flexibility index (Phi) is 8.10. The third-order valence-corrected chi connectivity index (χ3v) is 6.42. The van der Waals surface area contributed by atoms with Gasteiger partial charge in [0.1, 0.15) is 5.75 Å². The van der Waals surface area contributed by atoms with E-state index in [4.69, 9.17) is 14.5 Å². The van der Waals surface area contributed by atoms with Crippen molar-refractivity contribution in [1.29, 1.82) is 0 Å². The lowest BCUT2D eigenvalue weighted by Gasteiger charge is -2.37. The standard InChI is InChI=1S/C23H34N4O2S/c1-5-24-22(25-11-8-19-15-30-18(3)27-19)26-16-23(9-12-29-13-10-23)20-14-17(2)6-7-21(20)28-4/h6-7,14-15H,5,8-13,16H2,1-4H3,(H2,24,25,26). The normalized spacial score (nSPS) is 16.3. The molecular weight excluding hydrogens is 396 g/mol. The van der Waals surface area contributed by atoms with Crippen molar-refractivity contribution in [3.63, 3.8) is 0 Å². The first kappa shape index (κ1) is 22.6. The van der Waals surface area contributed by atoms with Crippen molar-refractivity contribution in [2.45, 2.75) is 45.4 Å². The first-order chi connectivity index (χ1) is 14.6. The highest BCUT2D eigenvalue weighted by molar-refractivity contribution is 7.09. The molecule has 0 spiro atoms. The minimum atomic E-state index is -0.0794. The Morgan fingerprint density at radius 1 is 1.27 bits per heavy atom. The van der Waals surface area contributed by atoms with Crippen LogP contribution in [0.2, 0.25) is 0 Å². The number of aromatic nitrogens is 1. The maximum atomic E-state index is 5.72. The number of benzene rings is 1. The molecule has 3 rings (SSSR count). The van der Waals surface area contributed by atoms with Crippen LogP contribution in [0.25, 0.3) is 0 Å². The van der Waals surface area contributed by atoms with Gasteiger partial charge < -0.3 is 20.1 Å². The molecule has 30 heavy (non-hydrogen) atoms. The molecule has 1 saturated heterocycles. The zero-order valence-corrected chi connectivity index (χ0v) is 19.4. The minimum Gasteiger partial charge on any atom is -0.496 e. The van der Waals surface area contributed by atoms with Gasteiger partial charge in [-0.15, -0.1) is 11.3 Å². The number of methoxy groups -OCH3 is 1. The first-order valence-electron chi connectivity index (χ1n) is 10.7. The molecule has 0 atom stereocenters. The van der Waals surface area contributed by atoms with Gasteiger partial charge in [-0.05, 0) is 39.7 Å². The second kappa shape index (κ2) is 10.8. The Morgan fingerprint density at radius 2 is 2.07 bits per heavy atom. The van der Waals surface area contributed by atoms with Crippen LogP contribution in [0.3, 0.4) is 0 Å². The Balaban J connectivity index is 1.76. The van der Waals surface area contributed by atoms with E-state index in [-0.39, 0.29) is 5.41 Å². The van der Waals surface area contributed by atoms with Crippen molar-refractivity contribution in [3.05, 3.63) is 45.4 Å². The summed E-state index contributed by atoms with van der Waals surface area (Å²) in [6, 6.07) is 6.43. The molecular formula is C23H34N4O2S. The summed E-state index contributed by atoms with van der Waals surface area (Å²) in [4.78, 5) is 9.53. The van der Waals surface area contributed by atoms with E-state index in [0.717, 1.165) is 68.0 Å². The molecule has 1 aliphatic rings. The fraction of sp³-hybridized carbons (Fsp3) is 0.565. The molecule has 1 aromatic heterocycles. The van der Waals surface area contributed by atoms with Crippen LogP contribution in [0.5, 0.6) is 5.75 Å². The zero-order valence-electron chi connectivity index (χ0n) is 18.6. The molecule has 2 aromatic rings. The van der Waals surface area contributed by atoms with Gasteiger partial charge in [0.2, 0.25) is 0 Å². The van der Waals surface area contributed by atoms with E-state index in [1.165, 1.54) is 11.1 Å². The van der Waals surface area contributed by atoms with Gasteiger partial charge in [0.25, 0.3) is 0 Å². The number of hydrogen-bond donors (Lipinski definition) is 2. The number of rotatable bonds is 8. The molecule has 1 aromatic carbocycles. The quantitative estimate of drug-likeness (QED) is 0.495. The first-order valence-corrected chi connectivity index (χ1v) is 11.6. The number of guanidine groups is 1. The van der Waals surface area contributed by atoms with Crippen LogP contribution in [0.1, 0.15) is 41.6 Å². The van der Waals surface area contributed by atoms with Gasteiger partial charge in [-0.1, -0.05) is 17.7 Å². The van der Waals surface area contributed by atoms with Crippen LogP contribution in [0.15, 0.2) is 28.6 Å². The van der Waals surface area contributed by atoms with Crippen molar-refractivity contribution < 1.29 is 9.47 Å². The molecule has 2 heterocycles. The summed E-state index contributed by atoms with van der Waals surface area (Å²) >= 11 is 1.70. The van der Waals surface area contributed by atoms with E-state index >= 15 is 0 Å². The fourth-order valence-electron chi connectivity index (χ4n) is 3.92. The monoisotopic (exact) mass is 430 g/mol. The molecule has 0 aliphatic carbocycles. The summed E-state index contributed by atoms with van der Waals surface area (Å²) < 4.78 is 11.4. The lowest BCUT2D eigenvalue weighted by Crippen LogP contribution is -2.42. The van der Waals surface area contributed by atoms with Crippen LogP contribution in [0, 0.1) is 13.8 Å².